The van der Waals surface area contributed by atoms with Crippen molar-refractivity contribution in [1.29, 1.82) is 0 Å². The number of carboxylic acid groups (broad SMARTS) is 2. The van der Waals surface area contributed by atoms with Crippen LogP contribution in [-0.2, 0) is 28.8 Å². The van der Waals surface area contributed by atoms with Crippen molar-refractivity contribution in [3.8, 4) is 0 Å². The molecule has 15 N–H and O–H groups in total. The molecule has 17 nitrogen and oxygen atoms in total. The number of primary amides is 1. The molecule has 38 heavy (non-hydrogen) atoms. The SMILES string of the molecule is NCCCCC(NC(=O)C(CC(N)=O)NC(=O)C(N)CCC(=O)O)C(=O)NC(CCCN=C(N)N)C(=O)O. The second kappa shape index (κ2) is 18.3. The van der Waals surface area contributed by atoms with Crippen LogP contribution in [0.25, 0.3) is 0 Å². The summed E-state index contributed by atoms with van der Waals surface area (Å²) < 4.78 is 0. The summed E-state index contributed by atoms with van der Waals surface area (Å²) in [4.78, 5) is 75.7. The summed E-state index contributed by atoms with van der Waals surface area (Å²) in [5.41, 5.74) is 26.8. The number of amides is 4. The molecule has 17 heteroatoms. The van der Waals surface area contributed by atoms with E-state index >= 15 is 0 Å². The van der Waals surface area contributed by atoms with E-state index in [1.165, 1.54) is 0 Å². The highest BCUT2D eigenvalue weighted by molar-refractivity contribution is 5.96. The number of hydrogen-bond acceptors (Lipinski definition) is 9. The Morgan fingerprint density at radius 1 is 0.737 bits per heavy atom. The van der Waals surface area contributed by atoms with Gasteiger partial charge in [0.2, 0.25) is 23.6 Å². The van der Waals surface area contributed by atoms with Crippen molar-refractivity contribution in [1.82, 2.24) is 16.0 Å². The first-order chi connectivity index (χ1) is 17.8. The van der Waals surface area contributed by atoms with E-state index in [0.717, 1.165) is 0 Å². The number of unbranched alkanes of at least 4 members (excludes halogenated alkanes) is 1. The molecular weight excluding hydrogens is 506 g/mol. The summed E-state index contributed by atoms with van der Waals surface area (Å²) in [6.45, 7) is 0.446. The molecule has 0 aromatic carbocycles. The molecule has 0 aliphatic rings. The number of rotatable bonds is 20. The van der Waals surface area contributed by atoms with Gasteiger partial charge in [-0.1, -0.05) is 0 Å². The average molecular weight is 546 g/mol. The number of guanidine groups is 1. The van der Waals surface area contributed by atoms with Crippen molar-refractivity contribution in [2.75, 3.05) is 13.1 Å². The van der Waals surface area contributed by atoms with Gasteiger partial charge in [-0.3, -0.25) is 29.0 Å². The molecule has 216 valence electrons. The molecule has 0 rings (SSSR count). The van der Waals surface area contributed by atoms with Gasteiger partial charge in [0.15, 0.2) is 5.96 Å². The Labute approximate surface area is 219 Å². The highest BCUT2D eigenvalue weighted by atomic mass is 16.4. The van der Waals surface area contributed by atoms with E-state index in [-0.39, 0.29) is 38.2 Å². The van der Waals surface area contributed by atoms with Gasteiger partial charge in [-0.15, -0.1) is 0 Å². The van der Waals surface area contributed by atoms with E-state index in [9.17, 15) is 33.9 Å². The van der Waals surface area contributed by atoms with E-state index in [4.69, 9.17) is 33.8 Å². The van der Waals surface area contributed by atoms with E-state index < -0.39 is 72.6 Å². The fourth-order valence-corrected chi connectivity index (χ4v) is 3.17. The molecule has 0 spiro atoms. The Hall–Kier alpha value is -3.99. The molecular formula is C21H39N9O8. The van der Waals surface area contributed by atoms with Crippen LogP contribution in [0.15, 0.2) is 4.99 Å². The zero-order chi connectivity index (χ0) is 29.3. The van der Waals surface area contributed by atoms with E-state index in [1.807, 2.05) is 0 Å². The van der Waals surface area contributed by atoms with Gasteiger partial charge >= 0.3 is 11.9 Å². The molecule has 0 aromatic heterocycles. The lowest BCUT2D eigenvalue weighted by Gasteiger charge is -2.25. The van der Waals surface area contributed by atoms with Crippen molar-refractivity contribution in [2.45, 2.75) is 75.5 Å². The highest BCUT2D eigenvalue weighted by Gasteiger charge is 2.31. The molecule has 0 heterocycles. The minimum absolute atomic E-state index is 0.00406. The van der Waals surface area contributed by atoms with Crippen LogP contribution in [0.3, 0.4) is 0 Å². The number of carbonyl (C=O) groups excluding carboxylic acids is 4. The average Bonchev–Trinajstić information content (AvgIpc) is 2.82. The summed E-state index contributed by atoms with van der Waals surface area (Å²) >= 11 is 0. The highest BCUT2D eigenvalue weighted by Crippen LogP contribution is 2.06. The van der Waals surface area contributed by atoms with Gasteiger partial charge in [0.1, 0.15) is 18.1 Å². The van der Waals surface area contributed by atoms with Gasteiger partial charge in [-0.25, -0.2) is 4.79 Å². The standard InChI is InChI=1S/C21H39N9O8/c22-8-2-1-4-12(18(35)29-13(20(37)38)5-3-9-27-21(25)26)28-19(36)14(10-15(24)31)30-17(34)11(23)6-7-16(32)33/h11-14H,1-10,22-23H2,(H2,24,31)(H,28,36)(H,29,35)(H,30,34)(H,32,33)(H,37,38)(H4,25,26,27). The van der Waals surface area contributed by atoms with E-state index in [1.54, 1.807) is 0 Å². The predicted octanol–water partition coefficient (Wildman–Crippen LogP) is -4.22. The largest absolute Gasteiger partial charge is 0.481 e. The Bertz CT molecular complexity index is 864. The van der Waals surface area contributed by atoms with Crippen LogP contribution in [0.5, 0.6) is 0 Å². The molecule has 4 amide bonds. The lowest BCUT2D eigenvalue weighted by molar-refractivity contribution is -0.142. The zero-order valence-electron chi connectivity index (χ0n) is 21.1. The first-order valence-corrected chi connectivity index (χ1v) is 11.9. The molecule has 0 radical (unpaired) electrons. The number of nitrogens with one attached hydrogen (secondary N) is 3. The summed E-state index contributed by atoms with van der Waals surface area (Å²) in [5.74, 6) is -6.26. The fraction of sp³-hybridized carbons (Fsp3) is 0.667. The predicted molar refractivity (Wildman–Crippen MR) is 135 cm³/mol. The second-order valence-corrected chi connectivity index (χ2v) is 8.46. The zero-order valence-corrected chi connectivity index (χ0v) is 21.1. The fourth-order valence-electron chi connectivity index (χ4n) is 3.17. The Kier molecular flexibility index (Phi) is 16.4. The van der Waals surface area contributed by atoms with Crippen LogP contribution < -0.4 is 44.6 Å². The Morgan fingerprint density at radius 3 is 1.82 bits per heavy atom. The van der Waals surface area contributed by atoms with Crippen LogP contribution >= 0.6 is 0 Å². The first-order valence-electron chi connectivity index (χ1n) is 11.9. The number of hydrogen-bond donors (Lipinski definition) is 10. The Balaban J connectivity index is 5.51. The summed E-state index contributed by atoms with van der Waals surface area (Å²) in [7, 11) is 0. The molecule has 0 bridgehead atoms. The molecule has 4 atom stereocenters. The number of carbonyl (C=O) groups is 6. The number of nitrogens with zero attached hydrogens (tertiary/aromatic N) is 1. The molecule has 0 saturated carbocycles. The van der Waals surface area contributed by atoms with Gasteiger partial charge in [-0.2, -0.15) is 0 Å². The van der Waals surface area contributed by atoms with Crippen molar-refractivity contribution >= 4 is 41.5 Å². The number of carboxylic acids is 2. The molecule has 4 unspecified atom stereocenters. The van der Waals surface area contributed by atoms with E-state index in [2.05, 4.69) is 20.9 Å². The first kappa shape index (κ1) is 34.0. The third kappa shape index (κ3) is 15.2. The van der Waals surface area contributed by atoms with Crippen LogP contribution in [-0.4, -0.2) is 89.0 Å². The lowest BCUT2D eigenvalue weighted by atomic mass is 10.0. The van der Waals surface area contributed by atoms with Crippen molar-refractivity contribution in [3.05, 3.63) is 0 Å². The van der Waals surface area contributed by atoms with Crippen LogP contribution in [0.1, 0.15) is 51.4 Å². The smallest absolute Gasteiger partial charge is 0.326 e. The van der Waals surface area contributed by atoms with Crippen LogP contribution in [0.2, 0.25) is 0 Å². The van der Waals surface area contributed by atoms with Gasteiger partial charge in [-0.05, 0) is 45.1 Å². The van der Waals surface area contributed by atoms with Gasteiger partial charge in [0.05, 0.1) is 12.5 Å². The number of aliphatic carboxylic acids is 2. The molecule has 0 fully saturated rings. The summed E-state index contributed by atoms with van der Waals surface area (Å²) in [6.07, 6.45) is -0.0563. The molecule has 0 aliphatic carbocycles. The van der Waals surface area contributed by atoms with Crippen LogP contribution in [0, 0.1) is 0 Å². The topological polar surface area (TPSA) is 321 Å². The summed E-state index contributed by atoms with van der Waals surface area (Å²) in [6, 6.07) is -5.34. The van der Waals surface area contributed by atoms with Crippen LogP contribution in [0.4, 0.5) is 0 Å². The second-order valence-electron chi connectivity index (χ2n) is 8.46. The summed E-state index contributed by atoms with van der Waals surface area (Å²) in [5, 5.41) is 25.2. The maximum atomic E-state index is 12.9. The monoisotopic (exact) mass is 545 g/mol. The lowest BCUT2D eigenvalue weighted by Crippen LogP contribution is -2.57. The third-order valence-corrected chi connectivity index (χ3v) is 5.18. The van der Waals surface area contributed by atoms with Gasteiger partial charge < -0.3 is 54.8 Å². The van der Waals surface area contributed by atoms with E-state index in [0.29, 0.717) is 19.4 Å². The maximum absolute atomic E-state index is 12.9. The number of aliphatic imine (C=N–C) groups is 1. The minimum atomic E-state index is -1.52. The third-order valence-electron chi connectivity index (χ3n) is 5.18. The molecule has 0 saturated heterocycles. The minimum Gasteiger partial charge on any atom is -0.481 e. The quantitative estimate of drug-likeness (QED) is 0.0395. The normalized spacial score (nSPS) is 13.7. The molecule has 0 aromatic rings. The van der Waals surface area contributed by atoms with Crippen molar-refractivity contribution in [3.63, 3.8) is 0 Å². The number of nitrogens with two attached hydrogens (primary N) is 5. The van der Waals surface area contributed by atoms with Crippen molar-refractivity contribution in [2.24, 2.45) is 33.7 Å². The molecule has 0 aliphatic heterocycles. The Morgan fingerprint density at radius 2 is 1.29 bits per heavy atom. The van der Waals surface area contributed by atoms with Crippen molar-refractivity contribution < 1.29 is 39.0 Å². The van der Waals surface area contributed by atoms with Gasteiger partial charge in [0.25, 0.3) is 0 Å². The maximum Gasteiger partial charge on any atom is 0.326 e. The van der Waals surface area contributed by atoms with Gasteiger partial charge in [0, 0.05) is 13.0 Å².